The molecular formula is C50H67N3O8. The van der Waals surface area contributed by atoms with Crippen molar-refractivity contribution in [3.8, 4) is 22.8 Å². The lowest BCUT2D eigenvalue weighted by Crippen LogP contribution is -2.39. The number of hydrogen-bond donors (Lipinski definition) is 9. The molecule has 2 aliphatic carbocycles. The van der Waals surface area contributed by atoms with E-state index in [-0.39, 0.29) is 42.3 Å². The van der Waals surface area contributed by atoms with Gasteiger partial charge in [0.1, 0.15) is 17.3 Å². The van der Waals surface area contributed by atoms with E-state index in [4.69, 9.17) is 5.73 Å². The first kappa shape index (κ1) is 45.8. The van der Waals surface area contributed by atoms with Gasteiger partial charge in [0.15, 0.2) is 0 Å². The molecule has 0 amide bonds. The number of phenols is 2. The molecule has 11 heteroatoms. The summed E-state index contributed by atoms with van der Waals surface area (Å²) < 4.78 is 0. The first-order chi connectivity index (χ1) is 29.3. The Morgan fingerprint density at radius 3 is 2.44 bits per heavy atom. The highest BCUT2D eigenvalue weighted by molar-refractivity contribution is 5.71. The normalized spacial score (nSPS) is 24.1. The van der Waals surface area contributed by atoms with E-state index in [0.29, 0.717) is 72.8 Å². The quantitative estimate of drug-likeness (QED) is 0.0271. The second-order valence-electron chi connectivity index (χ2n) is 18.0. The average Bonchev–Trinajstić information content (AvgIpc) is 3.85. The smallest absolute Gasteiger partial charge is 0.309 e. The maximum Gasteiger partial charge on any atom is 0.309 e. The van der Waals surface area contributed by atoms with Crippen molar-refractivity contribution in [3.63, 3.8) is 0 Å². The number of unbranched alkanes of at least 4 members (excludes halogenated alkanes) is 4. The van der Waals surface area contributed by atoms with Crippen LogP contribution < -0.4 is 5.73 Å². The van der Waals surface area contributed by atoms with Gasteiger partial charge >= 0.3 is 5.97 Å². The lowest BCUT2D eigenvalue weighted by molar-refractivity contribution is -0.147. The lowest BCUT2D eigenvalue weighted by atomic mass is 9.79. The topological polar surface area (TPSA) is 213 Å². The molecule has 2 aromatic carbocycles. The number of nitrogen functional groups attached to an aromatic ring is 1. The van der Waals surface area contributed by atoms with E-state index in [1.54, 1.807) is 30.5 Å². The minimum absolute atomic E-state index is 0.0433. The zero-order valence-electron chi connectivity index (χ0n) is 35.6. The monoisotopic (exact) mass is 837 g/mol. The lowest BCUT2D eigenvalue weighted by Gasteiger charge is -2.34. The Kier molecular flexibility index (Phi) is 16.1. The second kappa shape index (κ2) is 21.4. The number of nitrogens with two attached hydrogens (primary N) is 1. The predicted octanol–water partition coefficient (Wildman–Crippen LogP) is 8.62. The number of nitrogens with one attached hydrogen (secondary N) is 1. The average molecular weight is 838 g/mol. The first-order valence-electron chi connectivity index (χ1n) is 22.5. The van der Waals surface area contributed by atoms with Crippen LogP contribution in [0.3, 0.4) is 0 Å². The van der Waals surface area contributed by atoms with Crippen molar-refractivity contribution in [1.82, 2.24) is 9.97 Å². The predicted molar refractivity (Wildman–Crippen MR) is 238 cm³/mol. The van der Waals surface area contributed by atoms with Crippen LogP contribution in [-0.4, -0.2) is 69.5 Å². The third-order valence-corrected chi connectivity index (χ3v) is 13.5. The Labute approximate surface area is 360 Å². The van der Waals surface area contributed by atoms with Crippen molar-refractivity contribution in [2.24, 2.45) is 29.6 Å². The van der Waals surface area contributed by atoms with Gasteiger partial charge in [0.2, 0.25) is 0 Å². The van der Waals surface area contributed by atoms with Gasteiger partial charge in [0.05, 0.1) is 29.8 Å². The van der Waals surface area contributed by atoms with Gasteiger partial charge in [0, 0.05) is 53.0 Å². The molecular weight excluding hydrogens is 771 g/mol. The molecule has 0 spiro atoms. The van der Waals surface area contributed by atoms with Gasteiger partial charge in [0.25, 0.3) is 0 Å². The van der Waals surface area contributed by atoms with E-state index in [2.05, 4.69) is 29.0 Å². The molecule has 1 fully saturated rings. The summed E-state index contributed by atoms with van der Waals surface area (Å²) in [7, 11) is 0. The molecule has 0 radical (unpaired) electrons. The van der Waals surface area contributed by atoms with E-state index in [1.807, 2.05) is 36.4 Å². The van der Waals surface area contributed by atoms with Crippen LogP contribution in [0, 0.1) is 29.6 Å². The molecule has 0 aliphatic heterocycles. The second-order valence-corrected chi connectivity index (χ2v) is 18.0. The van der Waals surface area contributed by atoms with Crippen molar-refractivity contribution in [2.75, 3.05) is 5.73 Å². The summed E-state index contributed by atoms with van der Waals surface area (Å²) in [6.07, 6.45) is 14.3. The molecule has 11 nitrogen and oxygen atoms in total. The van der Waals surface area contributed by atoms with Crippen molar-refractivity contribution >= 4 is 11.8 Å². The standard InChI is InChI=1S/C50H67N3O8/c1-2-3-6-11-33-16-17-36(45(56)27-33)14-9-5-10-15-38(49(59)60)44(55)20-22-50(61)31-35(24-34-21-23-52-47(51)28-34)26-41(50)48(58)43-19-18-42(53-43)39-29-37(54)30-46(57)40(39)25-32-12-7-4-8-13-32/h4,7-8,12-13,16-19,21,23,28-30,33,35-36,38,41,44-45,48,53-58,61H,2-3,5-6,9-11,14-15,20,22,24-27,31H2,1H3,(H2,51,52)(H,59,60)/t33-,35-,36-,38+,41+,44-,45-,48+,50+/m1/s1. The molecule has 2 aromatic heterocycles. The van der Waals surface area contributed by atoms with Crippen LogP contribution in [0.15, 0.2) is 85.1 Å². The zero-order valence-corrected chi connectivity index (χ0v) is 35.6. The number of phenolic OH excluding ortho intramolecular Hbond substituents is 2. The van der Waals surface area contributed by atoms with Crippen LogP contribution in [0.5, 0.6) is 11.5 Å². The third-order valence-electron chi connectivity index (χ3n) is 13.5. The Balaban J connectivity index is 1.11. The maximum absolute atomic E-state index is 12.5. The van der Waals surface area contributed by atoms with Gasteiger partial charge in [-0.25, -0.2) is 4.98 Å². The Bertz CT molecular complexity index is 2040. The summed E-state index contributed by atoms with van der Waals surface area (Å²) in [5.74, 6) is -1.98. The number of carbonyl (C=O) groups is 1. The number of aromatic amines is 1. The van der Waals surface area contributed by atoms with E-state index in [1.165, 1.54) is 25.3 Å². The molecule has 1 saturated carbocycles. The van der Waals surface area contributed by atoms with E-state index >= 15 is 0 Å². The van der Waals surface area contributed by atoms with Crippen molar-refractivity contribution < 1.29 is 40.5 Å². The fraction of sp³-hybridized carbons (Fsp3) is 0.520. The fourth-order valence-electron chi connectivity index (χ4n) is 10.1. The summed E-state index contributed by atoms with van der Waals surface area (Å²) in [6, 6.07) is 19.8. The van der Waals surface area contributed by atoms with Gasteiger partial charge in [-0.3, -0.25) is 4.79 Å². The molecule has 0 saturated heterocycles. The van der Waals surface area contributed by atoms with Crippen molar-refractivity contribution in [2.45, 2.75) is 134 Å². The fourth-order valence-corrected chi connectivity index (χ4v) is 10.1. The van der Waals surface area contributed by atoms with Crippen LogP contribution in [0.4, 0.5) is 5.82 Å². The van der Waals surface area contributed by atoms with Gasteiger partial charge < -0.3 is 46.5 Å². The Morgan fingerprint density at radius 2 is 1.70 bits per heavy atom. The van der Waals surface area contributed by atoms with Gasteiger partial charge in [-0.05, 0) is 111 Å². The number of aromatic nitrogens is 2. The van der Waals surface area contributed by atoms with E-state index < -0.39 is 35.6 Å². The van der Waals surface area contributed by atoms with Crippen LogP contribution in [0.25, 0.3) is 11.3 Å². The summed E-state index contributed by atoms with van der Waals surface area (Å²) in [5, 5.41) is 78.2. The van der Waals surface area contributed by atoms with Gasteiger partial charge in [-0.2, -0.15) is 0 Å². The summed E-state index contributed by atoms with van der Waals surface area (Å²) >= 11 is 0. The molecule has 0 bridgehead atoms. The zero-order chi connectivity index (χ0) is 43.5. The summed E-state index contributed by atoms with van der Waals surface area (Å²) in [4.78, 5) is 19.9. The molecule has 61 heavy (non-hydrogen) atoms. The minimum atomic E-state index is -1.43. The number of benzene rings is 2. The SMILES string of the molecule is CCCCC[C@@H]1C=C[C@@H](CCCCC[C@H](C(=O)O)[C@H](O)CC[C@]2(O)C[C@H](Cc3ccnc(N)c3)C[C@H]2[C@H](O)c2ccc(-c3cc(O)cc(O)c3Cc3ccccc3)[nH]2)[C@H](O)C1. The Hall–Kier alpha value is -4.68. The molecule has 6 rings (SSSR count). The van der Waals surface area contributed by atoms with Crippen LogP contribution in [-0.2, 0) is 17.6 Å². The number of rotatable bonds is 22. The number of H-pyrrole nitrogens is 1. The van der Waals surface area contributed by atoms with Crippen LogP contribution in [0.2, 0.25) is 0 Å². The minimum Gasteiger partial charge on any atom is -0.508 e. The molecule has 0 unspecified atom stereocenters. The number of aliphatic carboxylic acids is 1. The number of pyridine rings is 1. The van der Waals surface area contributed by atoms with Gasteiger partial charge in [-0.15, -0.1) is 0 Å². The van der Waals surface area contributed by atoms with E-state index in [0.717, 1.165) is 43.2 Å². The number of aromatic hydroxyl groups is 2. The highest BCUT2D eigenvalue weighted by Gasteiger charge is 2.50. The van der Waals surface area contributed by atoms with Crippen molar-refractivity contribution in [3.05, 3.63) is 107 Å². The van der Waals surface area contributed by atoms with Crippen LogP contribution >= 0.6 is 0 Å². The number of aliphatic hydroxyl groups excluding tert-OH is 3. The molecule has 10 N–H and O–H groups in total. The molecule has 330 valence electrons. The van der Waals surface area contributed by atoms with Crippen LogP contribution in [0.1, 0.15) is 125 Å². The van der Waals surface area contributed by atoms with Crippen molar-refractivity contribution in [1.29, 1.82) is 0 Å². The number of hydrogen-bond acceptors (Lipinski definition) is 9. The highest BCUT2D eigenvalue weighted by atomic mass is 16.4. The molecule has 2 aliphatic rings. The molecule has 2 heterocycles. The maximum atomic E-state index is 12.5. The number of allylic oxidation sites excluding steroid dienone is 1. The summed E-state index contributed by atoms with van der Waals surface area (Å²) in [6.45, 7) is 2.19. The number of carboxylic acids is 1. The number of anilines is 1. The first-order valence-corrected chi connectivity index (χ1v) is 22.5. The third kappa shape index (κ3) is 12.2. The largest absolute Gasteiger partial charge is 0.508 e. The highest BCUT2D eigenvalue weighted by Crippen LogP contribution is 2.50. The van der Waals surface area contributed by atoms with E-state index in [9.17, 15) is 40.5 Å². The number of aliphatic hydroxyl groups is 4. The number of carboxylic acid groups (broad SMARTS) is 1. The number of nitrogens with zero attached hydrogens (tertiary/aromatic N) is 1. The molecule has 9 atom stereocenters. The summed E-state index contributed by atoms with van der Waals surface area (Å²) in [5.41, 5.74) is 8.70. The van der Waals surface area contributed by atoms with Gasteiger partial charge in [-0.1, -0.05) is 87.9 Å². The Morgan fingerprint density at radius 1 is 0.918 bits per heavy atom. The molecule has 4 aromatic rings.